The van der Waals surface area contributed by atoms with E-state index in [1.807, 2.05) is 94.1 Å². The third-order valence-electron chi connectivity index (χ3n) is 13.2. The molecule has 63 heavy (non-hydrogen) atoms. The molecule has 330 valence electrons. The number of ether oxygens (including phenoxy) is 2. The minimum Gasteiger partial charge on any atom is -0.453 e. The standard InChI is InChI=1S/C48H56N8O7/c1-9-10-38(55(6)45(58)39(24(2)3)53-47(60)62-7)43-49-23-37(52-43)28-13-17-32-31-16-12-26(20-33(31)42(57)34(32)21-28)27-14-18-35-36(22-27)51-44(50-35)41-29-11-15-30(19-29)56(41)46(59)40(25(4)5)54-48(61)63-8/h12-14,16-18,20-25,29-30,38-41H,9-11,15,19H2,1-8H3,(H,49,52)(H,50,51)(H,53,60)(H,54,61)/t29-,30+,38-,39-,40-,41-/m0/s1. The first-order valence-electron chi connectivity index (χ1n) is 21.9. The summed E-state index contributed by atoms with van der Waals surface area (Å²) in [7, 11) is 4.28. The number of alkyl carbamates (subject to hydrolysis) is 2. The maximum atomic E-state index is 14.1. The van der Waals surface area contributed by atoms with Crippen molar-refractivity contribution < 1.29 is 33.4 Å². The normalized spacial score (nSPS) is 18.9. The number of aromatic amines is 2. The van der Waals surface area contributed by atoms with Gasteiger partial charge in [-0.15, -0.1) is 0 Å². The number of hydrogen-bond donors (Lipinski definition) is 4. The fraction of sp³-hybridized carbons (Fsp3) is 0.438. The molecule has 0 radical (unpaired) electrons. The van der Waals surface area contributed by atoms with Crippen molar-refractivity contribution in [3.63, 3.8) is 0 Å². The highest BCUT2D eigenvalue weighted by molar-refractivity contribution is 6.22. The molecule has 2 bridgehead atoms. The molecule has 0 unspecified atom stereocenters. The number of fused-ring (bicyclic) bond motifs is 6. The molecule has 6 atom stereocenters. The van der Waals surface area contributed by atoms with Gasteiger partial charge in [0.25, 0.3) is 0 Å². The van der Waals surface area contributed by atoms with E-state index in [0.29, 0.717) is 23.4 Å². The third kappa shape index (κ3) is 7.93. The predicted molar refractivity (Wildman–Crippen MR) is 237 cm³/mol. The summed E-state index contributed by atoms with van der Waals surface area (Å²) >= 11 is 0. The van der Waals surface area contributed by atoms with E-state index >= 15 is 0 Å². The number of aromatic nitrogens is 4. The van der Waals surface area contributed by atoms with E-state index in [2.05, 4.69) is 20.6 Å². The first-order valence-corrected chi connectivity index (χ1v) is 21.9. The van der Waals surface area contributed by atoms with Crippen molar-refractivity contribution in [2.24, 2.45) is 17.8 Å². The molecule has 3 aromatic carbocycles. The van der Waals surface area contributed by atoms with E-state index in [9.17, 15) is 24.0 Å². The summed E-state index contributed by atoms with van der Waals surface area (Å²) < 4.78 is 9.61. The molecule has 2 aromatic heterocycles. The Labute approximate surface area is 366 Å². The van der Waals surface area contributed by atoms with Crippen LogP contribution in [-0.2, 0) is 19.1 Å². The third-order valence-corrected chi connectivity index (χ3v) is 13.2. The molecule has 4 amide bonds. The monoisotopic (exact) mass is 856 g/mol. The van der Waals surface area contributed by atoms with Crippen molar-refractivity contribution in [1.29, 1.82) is 0 Å². The first kappa shape index (κ1) is 43.2. The molecule has 1 saturated heterocycles. The fourth-order valence-electron chi connectivity index (χ4n) is 9.80. The maximum Gasteiger partial charge on any atom is 0.407 e. The molecule has 5 aromatic rings. The molecular formula is C48H56N8O7. The summed E-state index contributed by atoms with van der Waals surface area (Å²) in [4.78, 5) is 86.3. The van der Waals surface area contributed by atoms with Gasteiger partial charge >= 0.3 is 12.2 Å². The van der Waals surface area contributed by atoms with Gasteiger partial charge < -0.3 is 39.9 Å². The number of amides is 4. The minimum absolute atomic E-state index is 0.0669. The molecule has 3 heterocycles. The van der Waals surface area contributed by atoms with Crippen LogP contribution in [0.2, 0.25) is 0 Å². The Balaban J connectivity index is 1.02. The zero-order chi connectivity index (χ0) is 44.9. The van der Waals surface area contributed by atoms with Crippen molar-refractivity contribution in [3.05, 3.63) is 83.6 Å². The van der Waals surface area contributed by atoms with Crippen molar-refractivity contribution in [3.8, 4) is 33.5 Å². The van der Waals surface area contributed by atoms with E-state index in [0.717, 1.165) is 76.1 Å². The van der Waals surface area contributed by atoms with E-state index < -0.39 is 24.3 Å². The number of carbonyl (C=O) groups excluding carboxylic acids is 5. The molecule has 15 heteroatoms. The van der Waals surface area contributed by atoms with Gasteiger partial charge in [-0.05, 0) is 90.0 Å². The highest BCUT2D eigenvalue weighted by Gasteiger charge is 2.51. The highest BCUT2D eigenvalue weighted by Crippen LogP contribution is 2.50. The maximum absolute atomic E-state index is 14.1. The Kier molecular flexibility index (Phi) is 11.9. The summed E-state index contributed by atoms with van der Waals surface area (Å²) in [5.41, 5.74) is 7.88. The number of likely N-dealkylation sites (N-methyl/N-ethyl adjacent to an activating group) is 1. The van der Waals surface area contributed by atoms with Crippen LogP contribution in [0.3, 0.4) is 0 Å². The summed E-state index contributed by atoms with van der Waals surface area (Å²) in [6.45, 7) is 9.61. The smallest absolute Gasteiger partial charge is 0.407 e. The van der Waals surface area contributed by atoms with Gasteiger partial charge in [-0.1, -0.05) is 71.4 Å². The van der Waals surface area contributed by atoms with Crippen LogP contribution in [0.5, 0.6) is 0 Å². The largest absolute Gasteiger partial charge is 0.453 e. The van der Waals surface area contributed by atoms with E-state index in [-0.39, 0.29) is 53.5 Å². The Morgan fingerprint density at radius 3 is 2.10 bits per heavy atom. The predicted octanol–water partition coefficient (Wildman–Crippen LogP) is 7.94. The summed E-state index contributed by atoms with van der Waals surface area (Å²) in [5.74, 6) is 0.873. The van der Waals surface area contributed by atoms with Crippen molar-refractivity contribution in [2.75, 3.05) is 21.3 Å². The molecule has 2 fully saturated rings. The van der Waals surface area contributed by atoms with Gasteiger partial charge in [-0.25, -0.2) is 19.6 Å². The van der Waals surface area contributed by atoms with Gasteiger partial charge in [0.15, 0.2) is 5.78 Å². The highest BCUT2D eigenvalue weighted by atomic mass is 16.5. The number of hydrogen-bond acceptors (Lipinski definition) is 9. The SMILES string of the molecule is CCC[C@@H](c1ncc(-c2ccc3c(c2)C(=O)c2cc(-c4ccc5nc([C@@H]6[C@H]7CC[C@H](C7)N6C(=O)[C@@H](NC(=O)OC)C(C)C)[nH]c5c4)ccc2-3)[nH]1)N(C)C(=O)[C@@H](NC(=O)OC)C(C)C. The second-order valence-electron chi connectivity index (χ2n) is 17.8. The number of methoxy groups -OCH3 is 2. The van der Waals surface area contributed by atoms with Crippen LogP contribution in [0, 0.1) is 17.8 Å². The number of rotatable bonds is 13. The van der Waals surface area contributed by atoms with Crippen LogP contribution in [0.1, 0.15) is 106 Å². The lowest BCUT2D eigenvalue weighted by Crippen LogP contribution is -2.54. The van der Waals surface area contributed by atoms with Crippen LogP contribution in [-0.4, -0.2) is 98.9 Å². The molecule has 3 aliphatic rings. The molecule has 1 saturated carbocycles. The van der Waals surface area contributed by atoms with Crippen LogP contribution < -0.4 is 10.6 Å². The molecule has 15 nitrogen and oxygen atoms in total. The second kappa shape index (κ2) is 17.3. The number of piperidine rings is 1. The van der Waals surface area contributed by atoms with Crippen molar-refractivity contribution in [2.45, 2.75) is 96.9 Å². The number of H-pyrrole nitrogens is 2. The second-order valence-corrected chi connectivity index (χ2v) is 17.8. The lowest BCUT2D eigenvalue weighted by molar-refractivity contribution is -0.139. The van der Waals surface area contributed by atoms with Crippen LogP contribution in [0.4, 0.5) is 9.59 Å². The Morgan fingerprint density at radius 1 is 0.825 bits per heavy atom. The Bertz CT molecular complexity index is 2600. The summed E-state index contributed by atoms with van der Waals surface area (Å²) in [6.07, 6.45) is 4.69. The van der Waals surface area contributed by atoms with Crippen molar-refractivity contribution >= 4 is 40.8 Å². The van der Waals surface area contributed by atoms with Gasteiger partial charge in [-0.2, -0.15) is 0 Å². The lowest BCUT2D eigenvalue weighted by Gasteiger charge is -2.37. The topological polar surface area (TPSA) is 192 Å². The number of ketones is 1. The molecule has 2 aliphatic carbocycles. The molecule has 8 rings (SSSR count). The molecular weight excluding hydrogens is 801 g/mol. The molecule has 4 N–H and O–H groups in total. The number of nitrogens with one attached hydrogen (secondary N) is 4. The summed E-state index contributed by atoms with van der Waals surface area (Å²) in [6, 6.07) is 15.8. The number of nitrogens with zero attached hydrogens (tertiary/aromatic N) is 4. The number of carbonyl (C=O) groups is 5. The zero-order valence-electron chi connectivity index (χ0n) is 37.1. The average Bonchev–Trinajstić information content (AvgIpc) is 4.14. The average molecular weight is 857 g/mol. The van der Waals surface area contributed by atoms with Crippen molar-refractivity contribution in [1.82, 2.24) is 40.4 Å². The molecule has 0 spiro atoms. The van der Waals surface area contributed by atoms with Gasteiger partial charge in [0.05, 0.1) is 49.2 Å². The zero-order valence-corrected chi connectivity index (χ0v) is 37.1. The lowest BCUT2D eigenvalue weighted by atomic mass is 9.95. The van der Waals surface area contributed by atoms with E-state index in [4.69, 9.17) is 19.4 Å². The van der Waals surface area contributed by atoms with Gasteiger partial charge in [-0.3, -0.25) is 14.4 Å². The number of likely N-dealkylation sites (tertiary alicyclic amines) is 1. The molecule has 1 aliphatic heterocycles. The Morgan fingerprint density at radius 2 is 1.44 bits per heavy atom. The number of benzene rings is 3. The van der Waals surface area contributed by atoms with Gasteiger partial charge in [0.1, 0.15) is 23.7 Å². The van der Waals surface area contributed by atoms with Crippen LogP contribution >= 0.6 is 0 Å². The van der Waals surface area contributed by atoms with E-state index in [1.54, 1.807) is 18.1 Å². The Hall–Kier alpha value is -6.51. The summed E-state index contributed by atoms with van der Waals surface area (Å²) in [5, 5.41) is 5.42. The quantitative estimate of drug-likeness (QED) is 0.0893. The van der Waals surface area contributed by atoms with Gasteiger partial charge in [0.2, 0.25) is 11.8 Å². The first-order chi connectivity index (χ1) is 30.2. The fourth-order valence-corrected chi connectivity index (χ4v) is 9.80. The van der Waals surface area contributed by atoms with Crippen LogP contribution in [0.15, 0.2) is 60.8 Å². The minimum atomic E-state index is -0.771. The van der Waals surface area contributed by atoms with Gasteiger partial charge in [0, 0.05) is 29.8 Å². The van der Waals surface area contributed by atoms with E-state index in [1.165, 1.54) is 14.2 Å². The number of imidazole rings is 2. The van der Waals surface area contributed by atoms with Crippen LogP contribution in [0.25, 0.3) is 44.5 Å².